The van der Waals surface area contributed by atoms with Gasteiger partial charge in [-0.05, 0) is 37.8 Å². The van der Waals surface area contributed by atoms with Crippen molar-refractivity contribution >= 4 is 28.6 Å². The van der Waals surface area contributed by atoms with Gasteiger partial charge in [0.25, 0.3) is 5.56 Å². The molecular weight excluding hydrogens is 360 g/mol. The van der Waals surface area contributed by atoms with Gasteiger partial charge in [0.15, 0.2) is 5.16 Å². The second kappa shape index (κ2) is 7.35. The van der Waals surface area contributed by atoms with Crippen molar-refractivity contribution in [2.75, 3.05) is 5.75 Å². The Morgan fingerprint density at radius 2 is 2.04 bits per heavy atom. The van der Waals surface area contributed by atoms with Crippen LogP contribution in [0.5, 0.6) is 0 Å². The molecule has 2 fully saturated rings. The van der Waals surface area contributed by atoms with Crippen LogP contribution >= 0.6 is 11.8 Å². The summed E-state index contributed by atoms with van der Waals surface area (Å²) in [7, 11) is 0. The summed E-state index contributed by atoms with van der Waals surface area (Å²) in [5.74, 6) is -0.0193. The number of para-hydroxylation sites is 1. The van der Waals surface area contributed by atoms with Crippen molar-refractivity contribution in [2.45, 2.75) is 61.7 Å². The van der Waals surface area contributed by atoms with Crippen LogP contribution in [0.25, 0.3) is 10.9 Å². The molecule has 6 nitrogen and oxygen atoms in total. The first-order valence-electron chi connectivity index (χ1n) is 9.48. The van der Waals surface area contributed by atoms with Gasteiger partial charge in [-0.3, -0.25) is 14.2 Å². The van der Waals surface area contributed by atoms with Crippen molar-refractivity contribution in [3.8, 4) is 6.07 Å². The average molecular weight is 382 g/mol. The number of nitrogens with zero attached hydrogens (tertiary/aromatic N) is 3. The summed E-state index contributed by atoms with van der Waals surface area (Å²) in [6.07, 6.45) is 6.40. The van der Waals surface area contributed by atoms with Crippen LogP contribution in [-0.2, 0) is 4.79 Å². The lowest BCUT2D eigenvalue weighted by Gasteiger charge is -2.31. The lowest BCUT2D eigenvalue weighted by molar-refractivity contribution is -0.120. The maximum absolute atomic E-state index is 12.9. The number of hydrogen-bond donors (Lipinski definition) is 1. The minimum absolute atomic E-state index is 0.0354. The number of rotatable bonds is 5. The highest BCUT2D eigenvalue weighted by molar-refractivity contribution is 7.99. The van der Waals surface area contributed by atoms with E-state index in [0.29, 0.717) is 28.9 Å². The van der Waals surface area contributed by atoms with E-state index in [0.717, 1.165) is 32.1 Å². The zero-order chi connectivity index (χ0) is 18.9. The second-order valence-corrected chi connectivity index (χ2v) is 8.35. The molecule has 7 heteroatoms. The fourth-order valence-electron chi connectivity index (χ4n) is 3.74. The predicted octanol–water partition coefficient (Wildman–Crippen LogP) is 3.17. The van der Waals surface area contributed by atoms with Crippen LogP contribution in [-0.4, -0.2) is 26.8 Å². The van der Waals surface area contributed by atoms with Crippen molar-refractivity contribution in [2.24, 2.45) is 0 Å². The molecule has 27 heavy (non-hydrogen) atoms. The molecular formula is C20H22N4O2S. The Bertz CT molecular complexity index is 968. The molecule has 2 aliphatic rings. The van der Waals surface area contributed by atoms with Crippen molar-refractivity contribution in [3.63, 3.8) is 0 Å². The van der Waals surface area contributed by atoms with Crippen LogP contribution in [0.3, 0.4) is 0 Å². The van der Waals surface area contributed by atoms with Crippen LogP contribution in [0.15, 0.2) is 34.2 Å². The average Bonchev–Trinajstić information content (AvgIpc) is 3.52. The Morgan fingerprint density at radius 3 is 2.74 bits per heavy atom. The molecule has 1 aromatic carbocycles. The predicted molar refractivity (Wildman–Crippen MR) is 105 cm³/mol. The fraction of sp³-hybridized carbons (Fsp3) is 0.500. The van der Waals surface area contributed by atoms with Gasteiger partial charge in [0, 0.05) is 6.04 Å². The van der Waals surface area contributed by atoms with Gasteiger partial charge < -0.3 is 5.32 Å². The molecule has 1 aromatic heterocycles. The van der Waals surface area contributed by atoms with Crippen molar-refractivity contribution < 1.29 is 4.79 Å². The van der Waals surface area contributed by atoms with Gasteiger partial charge in [0.1, 0.15) is 5.54 Å². The molecule has 0 saturated heterocycles. The van der Waals surface area contributed by atoms with E-state index in [1.807, 2.05) is 18.2 Å². The van der Waals surface area contributed by atoms with E-state index >= 15 is 0 Å². The summed E-state index contributed by atoms with van der Waals surface area (Å²) >= 11 is 1.28. The summed E-state index contributed by atoms with van der Waals surface area (Å²) < 4.78 is 1.74. The number of carbonyl (C=O) groups excluding carboxylic acids is 1. The number of aromatic nitrogens is 2. The highest BCUT2D eigenvalue weighted by Crippen LogP contribution is 2.37. The maximum Gasteiger partial charge on any atom is 0.262 e. The highest BCUT2D eigenvalue weighted by Gasteiger charge is 2.34. The largest absolute Gasteiger partial charge is 0.337 e. The first-order valence-corrected chi connectivity index (χ1v) is 10.5. The lowest BCUT2D eigenvalue weighted by Crippen LogP contribution is -2.49. The van der Waals surface area contributed by atoms with E-state index in [2.05, 4.69) is 16.4 Å². The molecule has 2 aliphatic carbocycles. The van der Waals surface area contributed by atoms with E-state index in [4.69, 9.17) is 0 Å². The third-order valence-corrected chi connectivity index (χ3v) is 6.27. The van der Waals surface area contributed by atoms with E-state index in [1.54, 1.807) is 10.6 Å². The molecule has 0 radical (unpaired) electrons. The summed E-state index contributed by atoms with van der Waals surface area (Å²) in [5.41, 5.74) is -0.113. The van der Waals surface area contributed by atoms with Gasteiger partial charge in [-0.2, -0.15) is 5.26 Å². The van der Waals surface area contributed by atoms with Crippen LogP contribution in [0.1, 0.15) is 51.0 Å². The normalized spacial score (nSPS) is 18.8. The minimum Gasteiger partial charge on any atom is -0.337 e. The topological polar surface area (TPSA) is 87.8 Å². The van der Waals surface area contributed by atoms with Gasteiger partial charge in [0.2, 0.25) is 5.91 Å². The van der Waals surface area contributed by atoms with E-state index in [1.165, 1.54) is 11.8 Å². The summed E-state index contributed by atoms with van der Waals surface area (Å²) in [4.78, 5) is 30.0. The number of thioether (sulfide) groups is 1. The molecule has 1 amide bonds. The molecule has 0 spiro atoms. The lowest BCUT2D eigenvalue weighted by atomic mass is 9.83. The molecule has 1 N–H and O–H groups in total. The molecule has 0 bridgehead atoms. The van der Waals surface area contributed by atoms with Crippen molar-refractivity contribution in [3.05, 3.63) is 34.6 Å². The molecule has 0 unspecified atom stereocenters. The quantitative estimate of drug-likeness (QED) is 0.634. The Hall–Kier alpha value is -2.33. The molecule has 0 aliphatic heterocycles. The number of amides is 1. The van der Waals surface area contributed by atoms with E-state index < -0.39 is 5.54 Å². The number of carbonyl (C=O) groups is 1. The molecule has 0 atom stereocenters. The SMILES string of the molecule is N#CC1(NC(=O)CSc2nc3ccccc3c(=O)n2C2CC2)CCCCC1. The van der Waals surface area contributed by atoms with Gasteiger partial charge in [0.05, 0.1) is 22.7 Å². The second-order valence-electron chi connectivity index (χ2n) is 7.41. The van der Waals surface area contributed by atoms with Crippen LogP contribution in [0.2, 0.25) is 0 Å². The smallest absolute Gasteiger partial charge is 0.262 e. The number of fused-ring (bicyclic) bond motifs is 1. The van der Waals surface area contributed by atoms with Crippen molar-refractivity contribution in [1.29, 1.82) is 5.26 Å². The molecule has 2 aromatic rings. The zero-order valence-corrected chi connectivity index (χ0v) is 15.9. The monoisotopic (exact) mass is 382 g/mol. The minimum atomic E-state index is -0.733. The van der Waals surface area contributed by atoms with Gasteiger partial charge in [-0.1, -0.05) is 43.2 Å². The third-order valence-electron chi connectivity index (χ3n) is 5.32. The summed E-state index contributed by atoms with van der Waals surface area (Å²) in [5, 5.41) is 13.7. The van der Waals surface area contributed by atoms with Gasteiger partial charge >= 0.3 is 0 Å². The molecule has 140 valence electrons. The highest BCUT2D eigenvalue weighted by atomic mass is 32.2. The number of nitriles is 1. The number of nitrogens with one attached hydrogen (secondary N) is 1. The Labute approximate surface area is 162 Å². The van der Waals surface area contributed by atoms with Crippen LogP contribution < -0.4 is 10.9 Å². The third kappa shape index (κ3) is 3.72. The summed E-state index contributed by atoms with van der Waals surface area (Å²) in [6.45, 7) is 0. The Balaban J connectivity index is 1.53. The van der Waals surface area contributed by atoms with Crippen LogP contribution in [0, 0.1) is 11.3 Å². The molecule has 2 saturated carbocycles. The first kappa shape index (κ1) is 18.1. The Kier molecular flexibility index (Phi) is 4.92. The summed E-state index contributed by atoms with van der Waals surface area (Å²) in [6, 6.07) is 9.81. The van der Waals surface area contributed by atoms with Gasteiger partial charge in [-0.15, -0.1) is 0 Å². The molecule has 1 heterocycles. The fourth-order valence-corrected chi connectivity index (χ4v) is 4.60. The first-order chi connectivity index (χ1) is 13.1. The van der Waals surface area contributed by atoms with Gasteiger partial charge in [-0.25, -0.2) is 4.98 Å². The van der Waals surface area contributed by atoms with E-state index in [9.17, 15) is 14.9 Å². The standard InChI is InChI=1S/C20H22N4O2S/c21-13-20(10-4-1-5-11-20)23-17(25)12-27-19-22-16-7-3-2-6-15(16)18(26)24(19)14-8-9-14/h2-3,6-7,14H,1,4-5,8-12H2,(H,23,25). The molecule has 4 rings (SSSR count). The van der Waals surface area contributed by atoms with Crippen molar-refractivity contribution in [1.82, 2.24) is 14.9 Å². The maximum atomic E-state index is 12.9. The number of benzene rings is 1. The van der Waals surface area contributed by atoms with Crippen LogP contribution in [0.4, 0.5) is 0 Å². The van der Waals surface area contributed by atoms with E-state index in [-0.39, 0.29) is 23.3 Å². The zero-order valence-electron chi connectivity index (χ0n) is 15.1. The number of hydrogen-bond acceptors (Lipinski definition) is 5. The Morgan fingerprint density at radius 1 is 1.30 bits per heavy atom.